The Morgan fingerprint density at radius 2 is 1.64 bits per heavy atom. The minimum absolute atomic E-state index is 0.0856. The van der Waals surface area contributed by atoms with E-state index in [1.165, 1.54) is 0 Å². The van der Waals surface area contributed by atoms with Gasteiger partial charge in [0.15, 0.2) is 11.6 Å². The van der Waals surface area contributed by atoms with Crippen molar-refractivity contribution in [1.29, 1.82) is 0 Å². The number of benzene rings is 2. The van der Waals surface area contributed by atoms with Crippen LogP contribution in [0.15, 0.2) is 48.5 Å². The molecule has 0 bridgehead atoms. The number of aromatic amines is 1. The van der Waals surface area contributed by atoms with Gasteiger partial charge in [0.2, 0.25) is 0 Å². The number of carbonyl (C=O) groups excluding carboxylic acids is 2. The third-order valence-electron chi connectivity index (χ3n) is 5.55. The highest BCUT2D eigenvalue weighted by atomic mass is 16.1. The number of nitrogens with one attached hydrogen (secondary N) is 1. The van der Waals surface area contributed by atoms with Gasteiger partial charge in [0.05, 0.1) is 6.54 Å². The quantitative estimate of drug-likeness (QED) is 0.691. The van der Waals surface area contributed by atoms with Crippen LogP contribution in [0.5, 0.6) is 0 Å². The molecule has 1 N–H and O–H groups in total. The first kappa shape index (κ1) is 18.4. The standard InChI is InChI=1S/C23H25N3O2/c1-16-23(20-5-3-4-6-21(20)24-16)22(28)15-25-11-13-26(14-12-25)19-9-7-18(8-10-19)17(2)27/h3-10,24H,11-15H2,1-2H3. The van der Waals surface area contributed by atoms with Gasteiger partial charge in [0.1, 0.15) is 0 Å². The van der Waals surface area contributed by atoms with Gasteiger partial charge in [-0.15, -0.1) is 0 Å². The zero-order chi connectivity index (χ0) is 19.7. The topological polar surface area (TPSA) is 56.4 Å². The van der Waals surface area contributed by atoms with Crippen molar-refractivity contribution in [3.8, 4) is 0 Å². The number of fused-ring (bicyclic) bond motifs is 1. The molecule has 0 unspecified atom stereocenters. The Labute approximate surface area is 165 Å². The number of para-hydroxylation sites is 1. The Morgan fingerprint density at radius 3 is 2.32 bits per heavy atom. The molecule has 0 aliphatic carbocycles. The van der Waals surface area contributed by atoms with Crippen molar-refractivity contribution in [1.82, 2.24) is 9.88 Å². The van der Waals surface area contributed by atoms with Crippen LogP contribution in [-0.2, 0) is 0 Å². The predicted molar refractivity (Wildman–Crippen MR) is 112 cm³/mol. The SMILES string of the molecule is CC(=O)c1ccc(N2CCN(CC(=O)c3c(C)[nH]c4ccccc34)CC2)cc1. The molecule has 0 spiro atoms. The number of Topliss-reactive ketones (excluding diaryl/α,β-unsaturated/α-hetero) is 2. The van der Waals surface area contributed by atoms with Gasteiger partial charge in [-0.1, -0.05) is 18.2 Å². The highest BCUT2D eigenvalue weighted by molar-refractivity contribution is 6.10. The van der Waals surface area contributed by atoms with E-state index in [1.807, 2.05) is 55.5 Å². The summed E-state index contributed by atoms with van der Waals surface area (Å²) in [4.78, 5) is 32.2. The minimum Gasteiger partial charge on any atom is -0.369 e. The molecule has 1 fully saturated rings. The monoisotopic (exact) mass is 375 g/mol. The molecule has 4 rings (SSSR count). The van der Waals surface area contributed by atoms with Crippen molar-refractivity contribution in [2.75, 3.05) is 37.6 Å². The molecule has 1 aliphatic heterocycles. The van der Waals surface area contributed by atoms with Gasteiger partial charge < -0.3 is 9.88 Å². The number of hydrogen-bond donors (Lipinski definition) is 1. The summed E-state index contributed by atoms with van der Waals surface area (Å²) in [5.74, 6) is 0.261. The Hall–Kier alpha value is -2.92. The molecule has 0 radical (unpaired) electrons. The third-order valence-corrected chi connectivity index (χ3v) is 5.55. The lowest BCUT2D eigenvalue weighted by atomic mass is 10.1. The van der Waals surface area contributed by atoms with E-state index in [1.54, 1.807) is 6.92 Å². The highest BCUT2D eigenvalue weighted by Crippen LogP contribution is 2.23. The Kier molecular flexibility index (Phi) is 5.01. The van der Waals surface area contributed by atoms with Gasteiger partial charge in [-0.3, -0.25) is 14.5 Å². The Morgan fingerprint density at radius 1 is 0.964 bits per heavy atom. The van der Waals surface area contributed by atoms with Crippen molar-refractivity contribution in [3.63, 3.8) is 0 Å². The van der Waals surface area contributed by atoms with Crippen LogP contribution in [0.3, 0.4) is 0 Å². The fourth-order valence-corrected chi connectivity index (χ4v) is 3.99. The van der Waals surface area contributed by atoms with Gasteiger partial charge in [-0.05, 0) is 44.2 Å². The molecule has 0 saturated carbocycles. The number of anilines is 1. The number of rotatable bonds is 5. The van der Waals surface area contributed by atoms with E-state index < -0.39 is 0 Å². The van der Waals surface area contributed by atoms with Gasteiger partial charge in [-0.25, -0.2) is 0 Å². The maximum atomic E-state index is 13.0. The molecule has 5 nitrogen and oxygen atoms in total. The van der Waals surface area contributed by atoms with Gasteiger partial charge in [0.25, 0.3) is 0 Å². The first-order valence-electron chi connectivity index (χ1n) is 9.72. The maximum Gasteiger partial charge on any atom is 0.179 e. The molecule has 0 amide bonds. The lowest BCUT2D eigenvalue weighted by molar-refractivity contribution is 0.0927. The van der Waals surface area contributed by atoms with Crippen LogP contribution in [0.25, 0.3) is 10.9 Å². The second kappa shape index (κ2) is 7.60. The Bertz CT molecular complexity index is 1010. The van der Waals surface area contributed by atoms with Crippen LogP contribution in [-0.4, -0.2) is 54.2 Å². The van der Waals surface area contributed by atoms with Crippen LogP contribution in [0, 0.1) is 6.92 Å². The number of ketones is 2. The van der Waals surface area contributed by atoms with E-state index in [9.17, 15) is 9.59 Å². The van der Waals surface area contributed by atoms with Crippen LogP contribution < -0.4 is 4.90 Å². The molecule has 1 aromatic heterocycles. The summed E-state index contributed by atoms with van der Waals surface area (Å²) in [5.41, 5.74) is 4.64. The van der Waals surface area contributed by atoms with E-state index in [4.69, 9.17) is 0 Å². The van der Waals surface area contributed by atoms with E-state index >= 15 is 0 Å². The van der Waals surface area contributed by atoms with Crippen molar-refractivity contribution >= 4 is 28.2 Å². The third kappa shape index (κ3) is 3.58. The lowest BCUT2D eigenvalue weighted by Gasteiger charge is -2.35. The second-order valence-electron chi connectivity index (χ2n) is 7.46. The molecular formula is C23H25N3O2. The number of nitrogens with zero attached hydrogens (tertiary/aromatic N) is 2. The van der Waals surface area contributed by atoms with Gasteiger partial charge >= 0.3 is 0 Å². The molecular weight excluding hydrogens is 350 g/mol. The van der Waals surface area contributed by atoms with Crippen LogP contribution in [0.2, 0.25) is 0 Å². The molecule has 1 saturated heterocycles. The zero-order valence-corrected chi connectivity index (χ0v) is 16.4. The smallest absolute Gasteiger partial charge is 0.179 e. The number of piperazine rings is 1. The van der Waals surface area contributed by atoms with E-state index in [2.05, 4.69) is 14.8 Å². The first-order valence-corrected chi connectivity index (χ1v) is 9.72. The predicted octanol–water partition coefficient (Wildman–Crippen LogP) is 3.68. The number of hydrogen-bond acceptors (Lipinski definition) is 4. The fraction of sp³-hybridized carbons (Fsp3) is 0.304. The molecule has 2 aromatic carbocycles. The van der Waals surface area contributed by atoms with E-state index in [0.29, 0.717) is 6.54 Å². The summed E-state index contributed by atoms with van der Waals surface area (Å²) in [7, 11) is 0. The second-order valence-corrected chi connectivity index (χ2v) is 7.46. The molecule has 2 heterocycles. The Balaban J connectivity index is 1.39. The first-order chi connectivity index (χ1) is 13.5. The molecule has 0 atom stereocenters. The van der Waals surface area contributed by atoms with E-state index in [0.717, 1.165) is 59.6 Å². The van der Waals surface area contributed by atoms with Crippen LogP contribution >= 0.6 is 0 Å². The minimum atomic E-state index is 0.0856. The lowest BCUT2D eigenvalue weighted by Crippen LogP contribution is -2.48. The summed E-state index contributed by atoms with van der Waals surface area (Å²) in [5, 5.41) is 1.01. The largest absolute Gasteiger partial charge is 0.369 e. The normalized spacial score (nSPS) is 15.1. The number of H-pyrrole nitrogens is 1. The molecule has 28 heavy (non-hydrogen) atoms. The maximum absolute atomic E-state index is 13.0. The van der Waals surface area contributed by atoms with Crippen molar-refractivity contribution in [2.45, 2.75) is 13.8 Å². The summed E-state index contributed by atoms with van der Waals surface area (Å²) < 4.78 is 0. The van der Waals surface area contributed by atoms with Gasteiger partial charge in [-0.2, -0.15) is 0 Å². The fourth-order valence-electron chi connectivity index (χ4n) is 3.99. The average molecular weight is 375 g/mol. The zero-order valence-electron chi connectivity index (χ0n) is 16.4. The van der Waals surface area contributed by atoms with Crippen LogP contribution in [0.1, 0.15) is 33.3 Å². The number of aromatic nitrogens is 1. The summed E-state index contributed by atoms with van der Waals surface area (Å²) in [6.45, 7) is 7.44. The average Bonchev–Trinajstić information content (AvgIpc) is 3.04. The highest BCUT2D eigenvalue weighted by Gasteiger charge is 2.22. The summed E-state index contributed by atoms with van der Waals surface area (Å²) in [6.07, 6.45) is 0. The van der Waals surface area contributed by atoms with Gasteiger partial charge in [0, 0.05) is 59.6 Å². The molecule has 5 heteroatoms. The molecule has 144 valence electrons. The van der Waals surface area contributed by atoms with E-state index in [-0.39, 0.29) is 11.6 Å². The van der Waals surface area contributed by atoms with Crippen molar-refractivity contribution in [2.24, 2.45) is 0 Å². The summed E-state index contributed by atoms with van der Waals surface area (Å²) in [6, 6.07) is 15.8. The van der Waals surface area contributed by atoms with Crippen molar-refractivity contribution < 1.29 is 9.59 Å². The summed E-state index contributed by atoms with van der Waals surface area (Å²) >= 11 is 0. The number of carbonyl (C=O) groups is 2. The molecule has 3 aromatic rings. The number of aryl methyl sites for hydroxylation is 1. The molecule has 1 aliphatic rings. The van der Waals surface area contributed by atoms with Crippen LogP contribution in [0.4, 0.5) is 5.69 Å². The van der Waals surface area contributed by atoms with Crippen molar-refractivity contribution in [3.05, 3.63) is 65.4 Å².